The van der Waals surface area contributed by atoms with E-state index in [2.05, 4.69) is 17.2 Å². The molecule has 1 fully saturated rings. The fourth-order valence-electron chi connectivity index (χ4n) is 2.92. The van der Waals surface area contributed by atoms with Gasteiger partial charge in [0.25, 0.3) is 0 Å². The number of ether oxygens (including phenoxy) is 3. The zero-order chi connectivity index (χ0) is 21.2. The highest BCUT2D eigenvalue weighted by molar-refractivity contribution is 5.74. The van der Waals surface area contributed by atoms with Gasteiger partial charge in [0.2, 0.25) is 0 Å². The summed E-state index contributed by atoms with van der Waals surface area (Å²) in [6.45, 7) is 5.63. The van der Waals surface area contributed by atoms with Crippen LogP contribution in [0.25, 0.3) is 5.70 Å². The lowest BCUT2D eigenvalue weighted by Gasteiger charge is -2.24. The number of hydrogen-bond acceptors (Lipinski definition) is 8. The summed E-state index contributed by atoms with van der Waals surface area (Å²) >= 11 is 0. The highest BCUT2D eigenvalue weighted by Crippen LogP contribution is 2.22. The average molecular weight is 408 g/mol. The molecule has 0 aliphatic carbocycles. The van der Waals surface area contributed by atoms with Crippen LogP contribution in [-0.2, 0) is 9.47 Å². The lowest BCUT2D eigenvalue weighted by Crippen LogP contribution is -2.39. The Morgan fingerprint density at radius 2 is 2.21 bits per heavy atom. The number of alkyl carbamates (subject to hydrolysis) is 1. The molecule has 1 aromatic heterocycles. The first-order chi connectivity index (χ1) is 13.9. The predicted molar refractivity (Wildman–Crippen MR) is 111 cm³/mol. The smallest absolute Gasteiger partial charge is 0.412 e. The predicted octanol–water partition coefficient (Wildman–Crippen LogP) is 2.25. The maximum atomic E-state index is 12.0. The fraction of sp³-hybridized carbons (Fsp3) is 0.600. The molecule has 5 N–H and O–H groups in total. The summed E-state index contributed by atoms with van der Waals surface area (Å²) in [5, 5.41) is 3.82. The van der Waals surface area contributed by atoms with Gasteiger partial charge in [-0.3, -0.25) is 10.3 Å². The molecule has 0 aromatic carbocycles. The molecule has 1 aliphatic heterocycles. The Kier molecular flexibility index (Phi) is 9.01. The van der Waals surface area contributed by atoms with Crippen LogP contribution in [0.15, 0.2) is 18.0 Å². The molecule has 9 nitrogen and oxygen atoms in total. The first-order valence-corrected chi connectivity index (χ1v) is 10.1. The highest BCUT2D eigenvalue weighted by Gasteiger charge is 2.18. The molecule has 29 heavy (non-hydrogen) atoms. The number of nitrogens with two attached hydrogens (primary N) is 2. The number of nitrogens with one attached hydrogen (secondary N) is 1. The molecule has 1 saturated heterocycles. The standard InChI is InChI=1S/C20H33N5O4/c1-4-5-6-12-28-20(26)24-19(25(3)22)18(21)16-9-10-17(14(2)23-16)29-15-8-7-11-27-13-15/h9-10,15H,4-8,11-13,21-22H2,1-3H3,(H,24,26)/b19-18-. The molecule has 0 saturated carbocycles. The van der Waals surface area contributed by atoms with Crippen molar-refractivity contribution in [3.05, 3.63) is 29.3 Å². The van der Waals surface area contributed by atoms with E-state index < -0.39 is 6.09 Å². The number of unbranched alkanes of at least 4 members (excludes halogenated alkanes) is 2. The SMILES string of the molecule is CCCCCOC(=O)N/C(=C(/N)c1ccc(OC2CCCOC2)c(C)n1)N(C)N. The van der Waals surface area contributed by atoms with Crippen LogP contribution in [0.4, 0.5) is 4.79 Å². The van der Waals surface area contributed by atoms with E-state index in [4.69, 9.17) is 25.8 Å². The molecular formula is C20H33N5O4. The number of hydrogen-bond donors (Lipinski definition) is 3. The Hall–Kier alpha value is -2.52. The summed E-state index contributed by atoms with van der Waals surface area (Å²) in [5.74, 6) is 6.75. The minimum atomic E-state index is -0.606. The molecule has 2 rings (SSSR count). The highest BCUT2D eigenvalue weighted by atomic mass is 16.5. The van der Waals surface area contributed by atoms with Gasteiger partial charge in [-0.25, -0.2) is 15.6 Å². The van der Waals surface area contributed by atoms with Crippen LogP contribution in [0.2, 0.25) is 0 Å². The summed E-state index contributed by atoms with van der Waals surface area (Å²) in [6, 6.07) is 3.55. The van der Waals surface area contributed by atoms with Gasteiger partial charge < -0.3 is 19.9 Å². The second kappa shape index (κ2) is 11.5. The molecule has 0 bridgehead atoms. The van der Waals surface area contributed by atoms with Crippen molar-refractivity contribution >= 4 is 11.8 Å². The molecule has 0 radical (unpaired) electrons. The third-order valence-electron chi connectivity index (χ3n) is 4.53. The second-order valence-electron chi connectivity index (χ2n) is 7.08. The van der Waals surface area contributed by atoms with Crippen LogP contribution in [0.3, 0.4) is 0 Å². The quantitative estimate of drug-likeness (QED) is 0.323. The van der Waals surface area contributed by atoms with Crippen molar-refractivity contribution in [3.63, 3.8) is 0 Å². The Morgan fingerprint density at radius 3 is 2.83 bits per heavy atom. The molecule has 1 unspecified atom stereocenters. The summed E-state index contributed by atoms with van der Waals surface area (Å²) in [4.78, 5) is 16.6. The van der Waals surface area contributed by atoms with Gasteiger partial charge in [0, 0.05) is 13.7 Å². The summed E-state index contributed by atoms with van der Waals surface area (Å²) in [5.41, 5.74) is 7.64. The number of hydrazine groups is 1. The number of amides is 1. The lowest BCUT2D eigenvalue weighted by atomic mass is 10.1. The van der Waals surface area contributed by atoms with Crippen molar-refractivity contribution in [2.24, 2.45) is 11.6 Å². The van der Waals surface area contributed by atoms with Gasteiger partial charge in [-0.1, -0.05) is 19.8 Å². The van der Waals surface area contributed by atoms with E-state index in [0.717, 1.165) is 38.7 Å². The molecule has 1 aliphatic rings. The van der Waals surface area contributed by atoms with Crippen LogP contribution in [0.1, 0.15) is 50.4 Å². The largest absolute Gasteiger partial charge is 0.486 e. The Labute approximate surface area is 172 Å². The maximum Gasteiger partial charge on any atom is 0.412 e. The molecule has 2 heterocycles. The topological polar surface area (TPSA) is 125 Å². The normalized spacial score (nSPS) is 17.3. The minimum absolute atomic E-state index is 0.0258. The molecular weight excluding hydrogens is 374 g/mol. The van der Waals surface area contributed by atoms with Gasteiger partial charge in [0.15, 0.2) is 5.82 Å². The van der Waals surface area contributed by atoms with E-state index in [-0.39, 0.29) is 17.6 Å². The number of rotatable bonds is 9. The van der Waals surface area contributed by atoms with Crippen LogP contribution >= 0.6 is 0 Å². The summed E-state index contributed by atoms with van der Waals surface area (Å²) < 4.78 is 16.6. The van der Waals surface area contributed by atoms with Gasteiger partial charge in [0.1, 0.15) is 17.6 Å². The van der Waals surface area contributed by atoms with Crippen molar-refractivity contribution < 1.29 is 19.0 Å². The van der Waals surface area contributed by atoms with Gasteiger partial charge >= 0.3 is 6.09 Å². The zero-order valence-corrected chi connectivity index (χ0v) is 17.6. The first-order valence-electron chi connectivity index (χ1n) is 10.1. The number of aromatic nitrogens is 1. The van der Waals surface area contributed by atoms with Gasteiger partial charge in [-0.15, -0.1) is 0 Å². The van der Waals surface area contributed by atoms with Crippen molar-refractivity contribution in [2.45, 2.75) is 52.1 Å². The molecule has 1 aromatic rings. The summed E-state index contributed by atoms with van der Waals surface area (Å²) in [6.07, 6.45) is 4.22. The van der Waals surface area contributed by atoms with Crippen LogP contribution in [0, 0.1) is 6.92 Å². The third kappa shape index (κ3) is 7.10. The lowest BCUT2D eigenvalue weighted by molar-refractivity contribution is 0.00697. The molecule has 9 heteroatoms. The number of carbonyl (C=O) groups is 1. The maximum absolute atomic E-state index is 12.0. The number of aryl methyl sites for hydroxylation is 1. The Balaban J connectivity index is 2.08. The van der Waals surface area contributed by atoms with E-state index in [1.807, 2.05) is 13.0 Å². The van der Waals surface area contributed by atoms with E-state index in [0.29, 0.717) is 30.4 Å². The second-order valence-corrected chi connectivity index (χ2v) is 7.08. The van der Waals surface area contributed by atoms with E-state index >= 15 is 0 Å². The molecule has 0 spiro atoms. The van der Waals surface area contributed by atoms with E-state index in [9.17, 15) is 4.79 Å². The number of carbonyl (C=O) groups excluding carboxylic acids is 1. The van der Waals surface area contributed by atoms with Crippen molar-refractivity contribution in [1.29, 1.82) is 0 Å². The number of nitrogens with zero attached hydrogens (tertiary/aromatic N) is 2. The van der Waals surface area contributed by atoms with Gasteiger partial charge in [-0.05, 0) is 38.3 Å². The third-order valence-corrected chi connectivity index (χ3v) is 4.53. The minimum Gasteiger partial charge on any atom is -0.486 e. The molecule has 162 valence electrons. The average Bonchev–Trinajstić information content (AvgIpc) is 2.71. The Bertz CT molecular complexity index is 702. The van der Waals surface area contributed by atoms with Gasteiger partial charge in [-0.2, -0.15) is 0 Å². The summed E-state index contributed by atoms with van der Waals surface area (Å²) in [7, 11) is 1.58. The van der Waals surface area contributed by atoms with Gasteiger partial charge in [0.05, 0.1) is 24.6 Å². The van der Waals surface area contributed by atoms with Crippen LogP contribution < -0.4 is 21.6 Å². The van der Waals surface area contributed by atoms with E-state index in [1.54, 1.807) is 13.1 Å². The molecule has 1 atom stereocenters. The van der Waals surface area contributed by atoms with Crippen molar-refractivity contribution in [3.8, 4) is 5.75 Å². The van der Waals surface area contributed by atoms with E-state index in [1.165, 1.54) is 5.01 Å². The first kappa shape index (κ1) is 22.8. The van der Waals surface area contributed by atoms with Crippen molar-refractivity contribution in [1.82, 2.24) is 15.3 Å². The van der Waals surface area contributed by atoms with Crippen LogP contribution in [-0.4, -0.2) is 49.1 Å². The Morgan fingerprint density at radius 1 is 1.41 bits per heavy atom. The molecule has 1 amide bonds. The monoisotopic (exact) mass is 407 g/mol. The number of pyridine rings is 1. The van der Waals surface area contributed by atoms with Crippen LogP contribution in [0.5, 0.6) is 5.75 Å². The zero-order valence-electron chi connectivity index (χ0n) is 17.6. The van der Waals surface area contributed by atoms with Crippen molar-refractivity contribution in [2.75, 3.05) is 26.9 Å². The fourth-order valence-corrected chi connectivity index (χ4v) is 2.92.